The van der Waals surface area contributed by atoms with Crippen LogP contribution in [-0.4, -0.2) is 65.7 Å². The Morgan fingerprint density at radius 1 is 0.566 bits per heavy atom. The lowest BCUT2D eigenvalue weighted by atomic mass is 10.1. The lowest BCUT2D eigenvalue weighted by molar-refractivity contribution is -0.161. The molecule has 0 bridgehead atoms. The maximum Gasteiger partial charge on any atom is 0.472 e. The van der Waals surface area contributed by atoms with Gasteiger partial charge in [-0.05, 0) is 83.5 Å². The largest absolute Gasteiger partial charge is 0.472 e. The van der Waals surface area contributed by atoms with Crippen molar-refractivity contribution in [2.24, 2.45) is 0 Å². The molecule has 0 spiro atoms. The molecule has 0 rings (SSSR count). The molecule has 3 N–H and O–H groups in total. The van der Waals surface area contributed by atoms with Crippen molar-refractivity contribution < 1.29 is 47.8 Å². The van der Waals surface area contributed by atoms with Gasteiger partial charge in [0.2, 0.25) is 0 Å². The van der Waals surface area contributed by atoms with Crippen LogP contribution in [0.25, 0.3) is 0 Å². The van der Waals surface area contributed by atoms with Crippen molar-refractivity contribution in [1.82, 2.24) is 0 Å². The quantitative estimate of drug-likeness (QED) is 0.0250. The summed E-state index contributed by atoms with van der Waals surface area (Å²) in [5.74, 6) is -1.04. The van der Waals surface area contributed by atoms with Crippen LogP contribution in [0.4, 0.5) is 0 Å². The number of hydrogen-bond donors (Lipinski definition) is 3. The van der Waals surface area contributed by atoms with E-state index in [2.05, 4.69) is 103 Å². The van der Waals surface area contributed by atoms with Crippen LogP contribution in [-0.2, 0) is 32.7 Å². The Balaban J connectivity index is 4.54. The fraction of sp³-hybridized carbons (Fsp3) is 0.571. The van der Waals surface area contributed by atoms with E-state index in [9.17, 15) is 24.2 Å². The van der Waals surface area contributed by atoms with Crippen LogP contribution in [0.5, 0.6) is 0 Å². The zero-order valence-corrected chi connectivity index (χ0v) is 33.1. The topological polar surface area (TPSA) is 149 Å². The summed E-state index contributed by atoms with van der Waals surface area (Å²) in [6.07, 6.45) is 43.9. The molecule has 53 heavy (non-hydrogen) atoms. The van der Waals surface area contributed by atoms with E-state index in [0.717, 1.165) is 70.6 Å². The molecule has 3 unspecified atom stereocenters. The number of allylic oxidation sites excluding steroid dienone is 16. The summed E-state index contributed by atoms with van der Waals surface area (Å²) >= 11 is 0. The highest BCUT2D eigenvalue weighted by Crippen LogP contribution is 2.43. The van der Waals surface area contributed by atoms with Crippen LogP contribution in [0.3, 0.4) is 0 Å². The molecule has 300 valence electrons. The first kappa shape index (κ1) is 49.9. The van der Waals surface area contributed by atoms with Gasteiger partial charge in [-0.2, -0.15) is 0 Å². The van der Waals surface area contributed by atoms with E-state index in [1.165, 1.54) is 0 Å². The van der Waals surface area contributed by atoms with E-state index in [-0.39, 0.29) is 19.4 Å². The Bertz CT molecular complexity index is 1200. The monoisotopic (exact) mass is 762 g/mol. The first-order chi connectivity index (χ1) is 25.7. The molecule has 0 amide bonds. The third-order valence-corrected chi connectivity index (χ3v) is 8.18. The van der Waals surface area contributed by atoms with Crippen molar-refractivity contribution in [2.45, 2.75) is 129 Å². The zero-order chi connectivity index (χ0) is 39.1. The Morgan fingerprint density at radius 3 is 1.49 bits per heavy atom. The molecule has 0 aliphatic carbocycles. The molecule has 0 aromatic heterocycles. The number of esters is 2. The lowest BCUT2D eigenvalue weighted by Crippen LogP contribution is -2.29. The number of phosphoric acid groups is 1. The van der Waals surface area contributed by atoms with Crippen molar-refractivity contribution in [3.63, 3.8) is 0 Å². The van der Waals surface area contributed by atoms with Crippen LogP contribution >= 0.6 is 7.82 Å². The number of unbranched alkanes of at least 4 members (excludes halogenated alkanes) is 4. The molecule has 0 fully saturated rings. The van der Waals surface area contributed by atoms with Crippen LogP contribution in [0.15, 0.2) is 97.2 Å². The fourth-order valence-electron chi connectivity index (χ4n) is 4.33. The number of phosphoric ester groups is 1. The Labute approximate surface area is 319 Å². The van der Waals surface area contributed by atoms with Gasteiger partial charge in [0.15, 0.2) is 6.10 Å². The maximum absolute atomic E-state index is 12.5. The standard InChI is InChI=1S/C42H67O10P/c1-3-5-7-9-11-13-15-17-18-19-20-22-24-26-28-30-32-34-42(46)52-40(38-51-53(47,48)50-36-39(44)35-43)37-49-41(45)33-31-29-27-25-23-21-16-14-12-10-8-6-4-2/h5-8,11-14,17-18,20-23,26,28,39-40,43-44H,3-4,9-10,15-16,19,24-25,27,29-38H2,1-2H3,(H,47,48)/b7-5-,8-6-,13-11-,14-12-,18-17-,22-20-,23-21-,28-26-. The van der Waals surface area contributed by atoms with Crippen LogP contribution in [0.1, 0.15) is 117 Å². The van der Waals surface area contributed by atoms with E-state index in [4.69, 9.17) is 19.1 Å². The summed E-state index contributed by atoms with van der Waals surface area (Å²) in [4.78, 5) is 34.8. The van der Waals surface area contributed by atoms with Gasteiger partial charge in [0, 0.05) is 12.8 Å². The normalized spacial score (nSPS) is 15.0. The van der Waals surface area contributed by atoms with Gasteiger partial charge < -0.3 is 24.6 Å². The summed E-state index contributed by atoms with van der Waals surface area (Å²) < 4.78 is 32.5. The number of aliphatic hydroxyl groups is 2. The summed E-state index contributed by atoms with van der Waals surface area (Å²) in [6.45, 7) is 2.00. The molecule has 0 aliphatic rings. The smallest absolute Gasteiger partial charge is 0.462 e. The zero-order valence-electron chi connectivity index (χ0n) is 32.2. The highest BCUT2D eigenvalue weighted by Gasteiger charge is 2.27. The maximum atomic E-state index is 12.5. The van der Waals surface area contributed by atoms with E-state index in [1.807, 2.05) is 12.2 Å². The van der Waals surface area contributed by atoms with Crippen LogP contribution < -0.4 is 0 Å². The van der Waals surface area contributed by atoms with Crippen molar-refractivity contribution in [2.75, 3.05) is 26.4 Å². The molecule has 0 heterocycles. The van der Waals surface area contributed by atoms with Crippen molar-refractivity contribution in [1.29, 1.82) is 0 Å². The first-order valence-corrected chi connectivity index (χ1v) is 20.7. The average Bonchev–Trinajstić information content (AvgIpc) is 3.14. The average molecular weight is 763 g/mol. The van der Waals surface area contributed by atoms with Gasteiger partial charge >= 0.3 is 19.8 Å². The molecule has 0 saturated heterocycles. The summed E-state index contributed by atoms with van der Waals surface area (Å²) in [5, 5.41) is 18.3. The SMILES string of the molecule is CC/C=C\C/C=C\C/C=C\C/C=C\C/C=C\CCCC(=O)OC(COC(=O)CCCCC/C=C\C/C=C\C/C=C\CC)COP(=O)(O)OCC(O)CO. The van der Waals surface area contributed by atoms with Gasteiger partial charge in [0.25, 0.3) is 0 Å². The molecule has 0 radical (unpaired) electrons. The first-order valence-electron chi connectivity index (χ1n) is 19.2. The molecule has 0 aromatic carbocycles. The van der Waals surface area contributed by atoms with Gasteiger partial charge in [-0.15, -0.1) is 0 Å². The number of carbonyl (C=O) groups excluding carboxylic acids is 2. The van der Waals surface area contributed by atoms with E-state index >= 15 is 0 Å². The molecular formula is C42H67O10P. The predicted octanol–water partition coefficient (Wildman–Crippen LogP) is 9.66. The Hall–Kier alpha value is -3.11. The molecule has 10 nitrogen and oxygen atoms in total. The van der Waals surface area contributed by atoms with Gasteiger partial charge in [0.1, 0.15) is 12.7 Å². The van der Waals surface area contributed by atoms with Crippen molar-refractivity contribution in [3.05, 3.63) is 97.2 Å². The summed E-state index contributed by atoms with van der Waals surface area (Å²) in [6, 6.07) is 0. The second-order valence-corrected chi connectivity index (χ2v) is 13.6. The highest BCUT2D eigenvalue weighted by molar-refractivity contribution is 7.47. The Morgan fingerprint density at radius 2 is 1.00 bits per heavy atom. The Kier molecular flexibility index (Phi) is 35.0. The minimum absolute atomic E-state index is 0.0930. The molecular weight excluding hydrogens is 695 g/mol. The molecule has 3 atom stereocenters. The predicted molar refractivity (Wildman–Crippen MR) is 214 cm³/mol. The number of hydrogen-bond acceptors (Lipinski definition) is 9. The second-order valence-electron chi connectivity index (χ2n) is 12.2. The van der Waals surface area contributed by atoms with E-state index < -0.39 is 51.8 Å². The lowest BCUT2D eigenvalue weighted by Gasteiger charge is -2.20. The minimum atomic E-state index is -4.64. The number of aliphatic hydroxyl groups excluding tert-OH is 2. The van der Waals surface area contributed by atoms with Crippen molar-refractivity contribution >= 4 is 19.8 Å². The molecule has 0 aromatic rings. The third kappa shape index (κ3) is 37.0. The van der Waals surface area contributed by atoms with Gasteiger partial charge in [0.05, 0.1) is 19.8 Å². The number of rotatable bonds is 34. The molecule has 11 heteroatoms. The second kappa shape index (κ2) is 37.2. The van der Waals surface area contributed by atoms with Gasteiger partial charge in [-0.3, -0.25) is 18.6 Å². The number of carbonyl (C=O) groups is 2. The molecule has 0 saturated carbocycles. The number of ether oxygens (including phenoxy) is 2. The van der Waals surface area contributed by atoms with E-state index in [0.29, 0.717) is 19.3 Å². The molecule has 0 aliphatic heterocycles. The van der Waals surface area contributed by atoms with E-state index in [1.54, 1.807) is 0 Å². The van der Waals surface area contributed by atoms with Crippen LogP contribution in [0.2, 0.25) is 0 Å². The minimum Gasteiger partial charge on any atom is -0.462 e. The third-order valence-electron chi connectivity index (χ3n) is 7.23. The van der Waals surface area contributed by atoms with Crippen molar-refractivity contribution in [3.8, 4) is 0 Å². The van der Waals surface area contributed by atoms with Gasteiger partial charge in [-0.25, -0.2) is 4.57 Å². The van der Waals surface area contributed by atoms with Gasteiger partial charge in [-0.1, -0.05) is 117 Å². The van der Waals surface area contributed by atoms with Crippen LogP contribution in [0, 0.1) is 0 Å². The summed E-state index contributed by atoms with van der Waals surface area (Å²) in [5.41, 5.74) is 0. The highest BCUT2D eigenvalue weighted by atomic mass is 31.2. The fourth-order valence-corrected chi connectivity index (χ4v) is 5.12. The summed E-state index contributed by atoms with van der Waals surface area (Å²) in [7, 11) is -4.64.